The third-order valence-electron chi connectivity index (χ3n) is 2.90. The highest BCUT2D eigenvalue weighted by Crippen LogP contribution is 2.05. The van der Waals surface area contributed by atoms with Gasteiger partial charge in [-0.05, 0) is 37.1 Å². The minimum absolute atomic E-state index is 0. The fourth-order valence-electron chi connectivity index (χ4n) is 1.81. The Bertz CT molecular complexity index is 547. The molecule has 0 saturated heterocycles. The van der Waals surface area contributed by atoms with Gasteiger partial charge in [0.1, 0.15) is 0 Å². The number of rotatable bonds is 7. The summed E-state index contributed by atoms with van der Waals surface area (Å²) in [7, 11) is 0. The van der Waals surface area contributed by atoms with E-state index in [1.807, 2.05) is 23.0 Å². The topological polar surface area (TPSA) is 85.8 Å². The third kappa shape index (κ3) is 6.89. The highest BCUT2D eigenvalue weighted by Gasteiger charge is 2.04. The molecule has 0 radical (unpaired) electrons. The van der Waals surface area contributed by atoms with Crippen LogP contribution in [0.25, 0.3) is 0 Å². The summed E-state index contributed by atoms with van der Waals surface area (Å²) in [6, 6.07) is 5.77. The second-order valence-electron chi connectivity index (χ2n) is 4.51. The van der Waals surface area contributed by atoms with Crippen LogP contribution in [-0.2, 0) is 17.8 Å². The molecule has 22 heavy (non-hydrogen) atoms. The molecule has 0 spiro atoms. The van der Waals surface area contributed by atoms with Gasteiger partial charge in [-0.2, -0.15) is 5.10 Å². The maximum absolute atomic E-state index is 11.5. The van der Waals surface area contributed by atoms with Gasteiger partial charge < -0.3 is 11.1 Å². The van der Waals surface area contributed by atoms with Crippen molar-refractivity contribution in [1.29, 1.82) is 0 Å². The largest absolute Gasteiger partial charge is 0.330 e. The zero-order chi connectivity index (χ0) is 14.2. The van der Waals surface area contributed by atoms with E-state index in [4.69, 9.17) is 5.73 Å². The lowest BCUT2D eigenvalue weighted by atomic mass is 10.2. The minimum Gasteiger partial charge on any atom is -0.330 e. The summed E-state index contributed by atoms with van der Waals surface area (Å²) in [4.78, 5) is 15.5. The number of aromatic nitrogens is 3. The lowest BCUT2D eigenvalue weighted by molar-refractivity contribution is -0.116. The summed E-state index contributed by atoms with van der Waals surface area (Å²) < 4.78 is 1.82. The number of hydrogen-bond donors (Lipinski definition) is 2. The summed E-state index contributed by atoms with van der Waals surface area (Å²) in [6.07, 6.45) is 7.42. The van der Waals surface area contributed by atoms with E-state index in [1.165, 1.54) is 5.56 Å². The number of carbonyl (C=O) groups excluding carboxylic acids is 1. The molecule has 0 saturated carbocycles. The molecule has 0 aromatic carbocycles. The number of halogens is 2. The van der Waals surface area contributed by atoms with Gasteiger partial charge in [-0.15, -0.1) is 24.8 Å². The van der Waals surface area contributed by atoms with Crippen molar-refractivity contribution in [2.75, 3.05) is 11.9 Å². The number of nitrogens with zero attached hydrogens (tertiary/aromatic N) is 3. The molecule has 0 fully saturated rings. The first kappa shape index (κ1) is 20.4. The molecule has 0 aliphatic heterocycles. The highest BCUT2D eigenvalue weighted by atomic mass is 35.5. The summed E-state index contributed by atoms with van der Waals surface area (Å²) in [5.41, 5.74) is 6.58. The van der Waals surface area contributed by atoms with Gasteiger partial charge in [-0.1, -0.05) is 0 Å². The summed E-state index contributed by atoms with van der Waals surface area (Å²) >= 11 is 0. The van der Waals surface area contributed by atoms with Crippen LogP contribution in [0.3, 0.4) is 0 Å². The molecule has 1 amide bonds. The average molecular weight is 346 g/mol. The maximum Gasteiger partial charge on any atom is 0.225 e. The molecule has 0 atom stereocenters. The first-order valence-electron chi connectivity index (χ1n) is 6.70. The molecule has 3 N–H and O–H groups in total. The Kier molecular flexibility index (Phi) is 10.2. The Morgan fingerprint density at radius 3 is 2.64 bits per heavy atom. The highest BCUT2D eigenvalue weighted by molar-refractivity contribution is 5.89. The Labute approximate surface area is 142 Å². The Morgan fingerprint density at radius 2 is 1.95 bits per heavy atom. The first-order chi connectivity index (χ1) is 9.78. The number of aryl methyl sites for hydroxylation is 2. The van der Waals surface area contributed by atoms with E-state index in [-0.39, 0.29) is 30.7 Å². The van der Waals surface area contributed by atoms with Gasteiger partial charge in [0.25, 0.3) is 0 Å². The molecule has 0 unspecified atom stereocenters. The smallest absolute Gasteiger partial charge is 0.225 e. The standard InChI is InChI=1S/C14H19N5O.2ClH/c15-7-1-2-14(20)17-13-6-11-19(18-13)10-5-12-3-8-16-9-4-12;;/h3-4,6,8-9,11H,1-2,5,7,10,15H2,(H,17,18,20);2*1H. The minimum atomic E-state index is -0.0465. The predicted octanol–water partition coefficient (Wildman–Crippen LogP) is 2.04. The van der Waals surface area contributed by atoms with Crippen LogP contribution in [0.5, 0.6) is 0 Å². The van der Waals surface area contributed by atoms with Crippen molar-refractivity contribution in [3.05, 3.63) is 42.4 Å². The number of amides is 1. The lowest BCUT2D eigenvalue weighted by Gasteiger charge is -2.02. The van der Waals surface area contributed by atoms with E-state index in [9.17, 15) is 4.79 Å². The average Bonchev–Trinajstić information content (AvgIpc) is 2.91. The zero-order valence-electron chi connectivity index (χ0n) is 12.1. The van der Waals surface area contributed by atoms with E-state index in [2.05, 4.69) is 15.4 Å². The maximum atomic E-state index is 11.5. The van der Waals surface area contributed by atoms with Crippen LogP contribution < -0.4 is 11.1 Å². The van der Waals surface area contributed by atoms with Crippen molar-refractivity contribution in [3.8, 4) is 0 Å². The van der Waals surface area contributed by atoms with Crippen LogP contribution in [0.4, 0.5) is 5.82 Å². The van der Waals surface area contributed by atoms with Gasteiger partial charge in [0.15, 0.2) is 5.82 Å². The normalized spacial score (nSPS) is 9.50. The number of carbonyl (C=O) groups is 1. The van der Waals surface area contributed by atoms with Crippen molar-refractivity contribution >= 4 is 36.5 Å². The molecule has 0 aliphatic rings. The second kappa shape index (κ2) is 11.0. The van der Waals surface area contributed by atoms with Crippen LogP contribution in [0.2, 0.25) is 0 Å². The summed E-state index contributed by atoms with van der Waals surface area (Å²) in [5, 5.41) is 7.07. The number of nitrogens with one attached hydrogen (secondary N) is 1. The number of pyridine rings is 1. The fourth-order valence-corrected chi connectivity index (χ4v) is 1.81. The molecule has 2 aromatic heterocycles. The fraction of sp³-hybridized carbons (Fsp3) is 0.357. The molecular formula is C14H21Cl2N5O. The van der Waals surface area contributed by atoms with Crippen molar-refractivity contribution < 1.29 is 4.79 Å². The third-order valence-corrected chi connectivity index (χ3v) is 2.90. The van der Waals surface area contributed by atoms with E-state index < -0.39 is 0 Å². The van der Waals surface area contributed by atoms with E-state index >= 15 is 0 Å². The predicted molar refractivity (Wildman–Crippen MR) is 91.6 cm³/mol. The van der Waals surface area contributed by atoms with Crippen molar-refractivity contribution in [1.82, 2.24) is 14.8 Å². The first-order valence-corrected chi connectivity index (χ1v) is 6.70. The molecule has 122 valence electrons. The molecule has 0 bridgehead atoms. The number of nitrogens with two attached hydrogens (primary N) is 1. The Morgan fingerprint density at radius 1 is 1.23 bits per heavy atom. The van der Waals surface area contributed by atoms with Gasteiger partial charge in [0.2, 0.25) is 5.91 Å². The van der Waals surface area contributed by atoms with E-state index in [0.29, 0.717) is 25.2 Å². The number of hydrogen-bond acceptors (Lipinski definition) is 4. The summed E-state index contributed by atoms with van der Waals surface area (Å²) in [5.74, 6) is 0.539. The van der Waals surface area contributed by atoms with Gasteiger partial charge >= 0.3 is 0 Å². The van der Waals surface area contributed by atoms with Gasteiger partial charge in [0.05, 0.1) is 0 Å². The molecule has 8 heteroatoms. The van der Waals surface area contributed by atoms with Gasteiger partial charge in [0, 0.05) is 37.6 Å². The molecular weight excluding hydrogens is 325 g/mol. The van der Waals surface area contributed by atoms with Crippen molar-refractivity contribution in [2.45, 2.75) is 25.8 Å². The Hall–Kier alpha value is -1.63. The molecule has 2 heterocycles. The SMILES string of the molecule is Cl.Cl.NCCCC(=O)Nc1ccn(CCc2ccncc2)n1. The van der Waals surface area contributed by atoms with Crippen LogP contribution in [-0.4, -0.2) is 27.2 Å². The van der Waals surface area contributed by atoms with Crippen LogP contribution in [0.1, 0.15) is 18.4 Å². The molecule has 0 aliphatic carbocycles. The lowest BCUT2D eigenvalue weighted by Crippen LogP contribution is -2.14. The summed E-state index contributed by atoms with van der Waals surface area (Å²) in [6.45, 7) is 1.29. The number of anilines is 1. The van der Waals surface area contributed by atoms with Gasteiger partial charge in [-0.3, -0.25) is 14.5 Å². The van der Waals surface area contributed by atoms with Crippen molar-refractivity contribution in [2.24, 2.45) is 5.73 Å². The molecule has 6 nitrogen and oxygen atoms in total. The van der Waals surface area contributed by atoms with Crippen molar-refractivity contribution in [3.63, 3.8) is 0 Å². The Balaban J connectivity index is 0.00000220. The van der Waals surface area contributed by atoms with E-state index in [0.717, 1.165) is 13.0 Å². The van der Waals surface area contributed by atoms with Crippen LogP contribution in [0, 0.1) is 0 Å². The van der Waals surface area contributed by atoms with E-state index in [1.54, 1.807) is 18.5 Å². The zero-order valence-corrected chi connectivity index (χ0v) is 13.8. The van der Waals surface area contributed by atoms with Crippen LogP contribution >= 0.6 is 24.8 Å². The van der Waals surface area contributed by atoms with Gasteiger partial charge in [-0.25, -0.2) is 0 Å². The second-order valence-corrected chi connectivity index (χ2v) is 4.51. The molecule has 2 aromatic rings. The monoisotopic (exact) mass is 345 g/mol. The quantitative estimate of drug-likeness (QED) is 0.803. The molecule has 2 rings (SSSR count). The van der Waals surface area contributed by atoms with Crippen LogP contribution in [0.15, 0.2) is 36.8 Å².